The summed E-state index contributed by atoms with van der Waals surface area (Å²) in [5.74, 6) is 0. The number of aromatic nitrogens is 2. The SMILES string of the molecule is CC(C)N1CCN(CCn2cc(B3OC(C)(C)C(C)(C)O3)cn2)CC1. The first-order valence-electron chi connectivity index (χ1n) is 9.52. The largest absolute Gasteiger partial charge is 0.498 e. The summed E-state index contributed by atoms with van der Waals surface area (Å²) in [5.41, 5.74) is 0.384. The van der Waals surface area contributed by atoms with Gasteiger partial charge in [-0.05, 0) is 41.5 Å². The van der Waals surface area contributed by atoms with Crippen molar-refractivity contribution in [3.63, 3.8) is 0 Å². The van der Waals surface area contributed by atoms with Crippen molar-refractivity contribution < 1.29 is 9.31 Å². The Morgan fingerprint density at radius 2 is 1.64 bits per heavy atom. The topological polar surface area (TPSA) is 42.8 Å². The van der Waals surface area contributed by atoms with E-state index in [2.05, 4.69) is 62.6 Å². The molecule has 0 aromatic carbocycles. The van der Waals surface area contributed by atoms with E-state index in [4.69, 9.17) is 9.31 Å². The molecule has 0 radical (unpaired) electrons. The monoisotopic (exact) mass is 348 g/mol. The van der Waals surface area contributed by atoms with Crippen LogP contribution in [0.4, 0.5) is 0 Å². The van der Waals surface area contributed by atoms with Crippen LogP contribution in [0.15, 0.2) is 12.4 Å². The van der Waals surface area contributed by atoms with Gasteiger partial charge in [0.25, 0.3) is 0 Å². The average molecular weight is 348 g/mol. The summed E-state index contributed by atoms with van der Waals surface area (Å²) in [6.45, 7) is 19.4. The first kappa shape index (κ1) is 18.9. The quantitative estimate of drug-likeness (QED) is 0.749. The lowest BCUT2D eigenvalue weighted by Crippen LogP contribution is -2.49. The fourth-order valence-corrected chi connectivity index (χ4v) is 3.35. The predicted octanol–water partition coefficient (Wildman–Crippen LogP) is 1.21. The van der Waals surface area contributed by atoms with E-state index < -0.39 is 0 Å². The van der Waals surface area contributed by atoms with Crippen LogP contribution in [0, 0.1) is 0 Å². The van der Waals surface area contributed by atoms with Crippen molar-refractivity contribution in [2.45, 2.75) is 65.3 Å². The Bertz CT molecular complexity index is 563. The van der Waals surface area contributed by atoms with Gasteiger partial charge in [-0.1, -0.05) is 0 Å². The highest BCUT2D eigenvalue weighted by Gasteiger charge is 2.52. The fraction of sp³-hybridized carbons (Fsp3) is 0.833. The maximum absolute atomic E-state index is 6.10. The Morgan fingerprint density at radius 3 is 2.20 bits per heavy atom. The molecule has 0 atom stereocenters. The van der Waals surface area contributed by atoms with Crippen molar-refractivity contribution in [1.29, 1.82) is 0 Å². The van der Waals surface area contributed by atoms with Crippen molar-refractivity contribution in [1.82, 2.24) is 19.6 Å². The molecule has 0 N–H and O–H groups in total. The Labute approximate surface area is 152 Å². The molecule has 0 unspecified atom stereocenters. The minimum Gasteiger partial charge on any atom is -0.399 e. The number of nitrogens with zero attached hydrogens (tertiary/aromatic N) is 4. The molecular weight excluding hydrogens is 315 g/mol. The van der Waals surface area contributed by atoms with E-state index in [9.17, 15) is 0 Å². The van der Waals surface area contributed by atoms with Gasteiger partial charge in [0, 0.05) is 56.6 Å². The van der Waals surface area contributed by atoms with Gasteiger partial charge in [-0.2, -0.15) is 5.10 Å². The van der Waals surface area contributed by atoms with Crippen LogP contribution in [0.5, 0.6) is 0 Å². The van der Waals surface area contributed by atoms with Gasteiger partial charge in [-0.15, -0.1) is 0 Å². The standard InChI is InChI=1S/C18H33BN4O2/c1-15(2)22-10-7-21(8-11-22)9-12-23-14-16(13-20-23)19-24-17(3,4)18(5,6)25-19/h13-15H,7-12H2,1-6H3. The summed E-state index contributed by atoms with van der Waals surface area (Å²) in [6.07, 6.45) is 3.94. The third kappa shape index (κ3) is 4.10. The summed E-state index contributed by atoms with van der Waals surface area (Å²) in [7, 11) is -0.326. The second-order valence-corrected chi connectivity index (χ2v) is 8.60. The van der Waals surface area contributed by atoms with Gasteiger partial charge >= 0.3 is 7.12 Å². The molecule has 0 aliphatic carbocycles. The smallest absolute Gasteiger partial charge is 0.399 e. The summed E-state index contributed by atoms with van der Waals surface area (Å²) in [6, 6.07) is 0.649. The highest BCUT2D eigenvalue weighted by atomic mass is 16.7. The van der Waals surface area contributed by atoms with Crippen LogP contribution < -0.4 is 5.46 Å². The van der Waals surface area contributed by atoms with Gasteiger partial charge in [-0.3, -0.25) is 14.5 Å². The van der Waals surface area contributed by atoms with E-state index >= 15 is 0 Å². The van der Waals surface area contributed by atoms with Gasteiger partial charge in [-0.25, -0.2) is 0 Å². The molecular formula is C18H33BN4O2. The second kappa shape index (κ2) is 7.03. The summed E-state index contributed by atoms with van der Waals surface area (Å²) < 4.78 is 14.2. The molecule has 3 heterocycles. The first-order chi connectivity index (χ1) is 11.7. The lowest BCUT2D eigenvalue weighted by molar-refractivity contribution is 0.00578. The summed E-state index contributed by atoms with van der Waals surface area (Å²) in [4.78, 5) is 5.07. The molecule has 2 aliphatic heterocycles. The summed E-state index contributed by atoms with van der Waals surface area (Å²) in [5, 5.41) is 4.50. The molecule has 25 heavy (non-hydrogen) atoms. The van der Waals surface area contributed by atoms with Crippen molar-refractivity contribution in [3.8, 4) is 0 Å². The molecule has 0 spiro atoms. The predicted molar refractivity (Wildman–Crippen MR) is 101 cm³/mol. The van der Waals surface area contributed by atoms with E-state index in [0.29, 0.717) is 6.04 Å². The Morgan fingerprint density at radius 1 is 1.04 bits per heavy atom. The van der Waals surface area contributed by atoms with Crippen LogP contribution in [-0.2, 0) is 15.9 Å². The molecule has 1 aromatic rings. The molecule has 0 amide bonds. The number of hydrogen-bond donors (Lipinski definition) is 0. The van der Waals surface area contributed by atoms with Gasteiger partial charge in [0.2, 0.25) is 0 Å². The molecule has 3 rings (SSSR count). The summed E-state index contributed by atoms with van der Waals surface area (Å²) >= 11 is 0. The molecule has 6 nitrogen and oxygen atoms in total. The minimum atomic E-state index is -0.326. The first-order valence-corrected chi connectivity index (χ1v) is 9.52. The van der Waals surface area contributed by atoms with Crippen LogP contribution in [0.1, 0.15) is 41.5 Å². The minimum absolute atomic E-state index is 0.310. The van der Waals surface area contributed by atoms with Crippen LogP contribution >= 0.6 is 0 Å². The van der Waals surface area contributed by atoms with Crippen molar-refractivity contribution in [2.24, 2.45) is 0 Å². The van der Waals surface area contributed by atoms with Crippen molar-refractivity contribution in [3.05, 3.63) is 12.4 Å². The lowest BCUT2D eigenvalue weighted by atomic mass is 9.82. The molecule has 2 aliphatic rings. The van der Waals surface area contributed by atoms with Crippen molar-refractivity contribution in [2.75, 3.05) is 32.7 Å². The van der Waals surface area contributed by atoms with Gasteiger partial charge in [0.15, 0.2) is 0 Å². The molecule has 0 saturated carbocycles. The van der Waals surface area contributed by atoms with Gasteiger partial charge in [0.1, 0.15) is 0 Å². The molecule has 1 aromatic heterocycles. The lowest BCUT2D eigenvalue weighted by Gasteiger charge is -2.36. The third-order valence-corrected chi connectivity index (χ3v) is 5.96. The maximum atomic E-state index is 6.10. The van der Waals surface area contributed by atoms with Crippen molar-refractivity contribution >= 4 is 12.6 Å². The Balaban J connectivity index is 1.50. The zero-order valence-corrected chi connectivity index (χ0v) is 16.7. The number of hydrogen-bond acceptors (Lipinski definition) is 5. The zero-order chi connectivity index (χ0) is 18.2. The highest BCUT2D eigenvalue weighted by molar-refractivity contribution is 6.61. The maximum Gasteiger partial charge on any atom is 0.498 e. The van der Waals surface area contributed by atoms with E-state index in [1.54, 1.807) is 0 Å². The number of rotatable bonds is 5. The zero-order valence-electron chi connectivity index (χ0n) is 16.7. The van der Waals surface area contributed by atoms with Crippen LogP contribution in [-0.4, -0.2) is 76.7 Å². The van der Waals surface area contributed by atoms with Gasteiger partial charge < -0.3 is 9.31 Å². The molecule has 7 heteroatoms. The average Bonchev–Trinajstić information content (AvgIpc) is 3.08. The number of piperazine rings is 1. The second-order valence-electron chi connectivity index (χ2n) is 8.60. The van der Waals surface area contributed by atoms with Crippen LogP contribution in [0.3, 0.4) is 0 Å². The van der Waals surface area contributed by atoms with E-state index in [-0.39, 0.29) is 18.3 Å². The van der Waals surface area contributed by atoms with Gasteiger partial charge in [0.05, 0.1) is 17.7 Å². The Hall–Kier alpha value is -0.885. The molecule has 140 valence electrons. The third-order valence-electron chi connectivity index (χ3n) is 5.96. The normalized spacial score (nSPS) is 24.4. The molecule has 2 fully saturated rings. The highest BCUT2D eigenvalue weighted by Crippen LogP contribution is 2.36. The molecule has 2 saturated heterocycles. The Kier molecular flexibility index (Phi) is 5.31. The van der Waals surface area contributed by atoms with E-state index in [1.807, 2.05) is 10.9 Å². The van der Waals surface area contributed by atoms with E-state index in [1.165, 1.54) is 0 Å². The van der Waals surface area contributed by atoms with E-state index in [0.717, 1.165) is 44.7 Å². The van der Waals surface area contributed by atoms with Crippen LogP contribution in [0.2, 0.25) is 0 Å². The fourth-order valence-electron chi connectivity index (χ4n) is 3.35. The molecule has 0 bridgehead atoms. The van der Waals surface area contributed by atoms with Crippen LogP contribution in [0.25, 0.3) is 0 Å².